The summed E-state index contributed by atoms with van der Waals surface area (Å²) in [4.78, 5) is 23.1. The summed E-state index contributed by atoms with van der Waals surface area (Å²) in [7, 11) is 1.92. The minimum atomic E-state index is -0.397. The van der Waals surface area contributed by atoms with E-state index in [1.54, 1.807) is 6.07 Å². The number of rotatable bonds is 1. The molecule has 0 saturated carbocycles. The molecule has 1 aromatic carbocycles. The highest BCUT2D eigenvalue weighted by molar-refractivity contribution is 5.67. The molecule has 1 atom stereocenters. The molecule has 2 heterocycles. The Morgan fingerprint density at radius 2 is 2.32 bits per heavy atom. The third kappa shape index (κ3) is 2.02. The fourth-order valence-corrected chi connectivity index (χ4v) is 2.59. The highest BCUT2D eigenvalue weighted by atomic mass is 17.2. The molecule has 1 N–H and O–H groups in total. The number of aromatic hydroxyl groups is 1. The van der Waals surface area contributed by atoms with E-state index in [0.717, 1.165) is 11.1 Å². The number of ether oxygens (including phenoxy) is 1. The molecule has 102 valence electrons. The Morgan fingerprint density at radius 1 is 1.53 bits per heavy atom. The number of likely N-dealkylation sites (N-methyl/N-ethyl adjacent to an activating group) is 1. The monoisotopic (exact) mass is 265 g/mol. The van der Waals surface area contributed by atoms with Crippen molar-refractivity contribution in [2.24, 2.45) is 0 Å². The van der Waals surface area contributed by atoms with Gasteiger partial charge in [0.15, 0.2) is 5.75 Å². The van der Waals surface area contributed by atoms with E-state index in [0.29, 0.717) is 24.4 Å². The standard InChI is InChI=1S/C13H15NO5/c1-7(15)18-12-5-14(2)4-9-8(12)3-11-10(13(9)16)6-17-19-11/h3,12,16H,4-6H2,1-2H3. The summed E-state index contributed by atoms with van der Waals surface area (Å²) in [6.45, 7) is 2.80. The second-order valence-electron chi connectivity index (χ2n) is 4.91. The van der Waals surface area contributed by atoms with Crippen LogP contribution in [0, 0.1) is 0 Å². The summed E-state index contributed by atoms with van der Waals surface area (Å²) in [5.41, 5.74) is 2.21. The maximum atomic E-state index is 11.2. The molecule has 2 aliphatic heterocycles. The van der Waals surface area contributed by atoms with Gasteiger partial charge in [0.05, 0.1) is 5.56 Å². The lowest BCUT2D eigenvalue weighted by atomic mass is 9.93. The molecular formula is C13H15NO5. The third-order valence-corrected chi connectivity index (χ3v) is 3.42. The maximum Gasteiger partial charge on any atom is 0.303 e. The van der Waals surface area contributed by atoms with Crippen LogP contribution < -0.4 is 4.89 Å². The summed E-state index contributed by atoms with van der Waals surface area (Å²) in [5, 5.41) is 10.3. The summed E-state index contributed by atoms with van der Waals surface area (Å²) in [6.07, 6.45) is -0.397. The third-order valence-electron chi connectivity index (χ3n) is 3.42. The Hall–Kier alpha value is -1.79. The maximum absolute atomic E-state index is 11.2. The minimum Gasteiger partial charge on any atom is -0.507 e. The number of phenols is 1. The molecule has 0 aliphatic carbocycles. The van der Waals surface area contributed by atoms with Crippen LogP contribution in [-0.4, -0.2) is 29.6 Å². The molecule has 2 aliphatic rings. The zero-order valence-electron chi connectivity index (χ0n) is 10.8. The van der Waals surface area contributed by atoms with Crippen molar-refractivity contribution in [3.63, 3.8) is 0 Å². The van der Waals surface area contributed by atoms with Crippen molar-refractivity contribution in [3.05, 3.63) is 22.8 Å². The summed E-state index contributed by atoms with van der Waals surface area (Å²) in [6, 6.07) is 1.79. The van der Waals surface area contributed by atoms with Crippen LogP contribution in [0.4, 0.5) is 0 Å². The Bertz CT molecular complexity index is 542. The van der Waals surface area contributed by atoms with Crippen molar-refractivity contribution in [2.75, 3.05) is 13.6 Å². The molecular weight excluding hydrogens is 250 g/mol. The number of nitrogens with zero attached hydrogens (tertiary/aromatic N) is 1. The number of hydrogen-bond acceptors (Lipinski definition) is 6. The molecule has 6 heteroatoms. The number of benzene rings is 1. The molecule has 1 aromatic rings. The van der Waals surface area contributed by atoms with E-state index in [-0.39, 0.29) is 18.3 Å². The highest BCUT2D eigenvalue weighted by Crippen LogP contribution is 2.43. The van der Waals surface area contributed by atoms with Crippen molar-refractivity contribution in [2.45, 2.75) is 26.2 Å². The SMILES string of the molecule is CC(=O)OC1CN(C)Cc2c1cc1c(c2O)COO1. The van der Waals surface area contributed by atoms with E-state index in [4.69, 9.17) is 14.5 Å². The fraction of sp³-hybridized carbons (Fsp3) is 0.462. The van der Waals surface area contributed by atoms with E-state index >= 15 is 0 Å². The van der Waals surface area contributed by atoms with Crippen LogP contribution in [0.3, 0.4) is 0 Å². The zero-order valence-corrected chi connectivity index (χ0v) is 10.8. The van der Waals surface area contributed by atoms with Crippen molar-refractivity contribution in [1.29, 1.82) is 0 Å². The highest BCUT2D eigenvalue weighted by Gasteiger charge is 2.32. The van der Waals surface area contributed by atoms with Crippen LogP contribution in [0.15, 0.2) is 6.07 Å². The number of esters is 1. The Labute approximate surface area is 110 Å². The predicted molar refractivity (Wildman–Crippen MR) is 64.4 cm³/mol. The zero-order chi connectivity index (χ0) is 13.6. The lowest BCUT2D eigenvalue weighted by Gasteiger charge is -2.32. The van der Waals surface area contributed by atoms with Crippen LogP contribution in [0.2, 0.25) is 0 Å². The Balaban J connectivity index is 2.08. The van der Waals surface area contributed by atoms with Crippen LogP contribution in [-0.2, 0) is 27.6 Å². The van der Waals surface area contributed by atoms with Crippen LogP contribution in [0.5, 0.6) is 11.5 Å². The second-order valence-corrected chi connectivity index (χ2v) is 4.91. The van der Waals surface area contributed by atoms with Crippen molar-refractivity contribution < 1.29 is 24.4 Å². The number of hydrogen-bond donors (Lipinski definition) is 1. The van der Waals surface area contributed by atoms with Gasteiger partial charge in [-0.2, -0.15) is 4.89 Å². The topological polar surface area (TPSA) is 68.2 Å². The summed E-state index contributed by atoms with van der Waals surface area (Å²) < 4.78 is 5.31. The first-order valence-corrected chi connectivity index (χ1v) is 6.09. The lowest BCUT2D eigenvalue weighted by molar-refractivity contribution is -0.194. The molecule has 0 saturated heterocycles. The van der Waals surface area contributed by atoms with Gasteiger partial charge in [-0.25, -0.2) is 0 Å². The smallest absolute Gasteiger partial charge is 0.303 e. The molecule has 0 fully saturated rings. The number of carbonyl (C=O) groups is 1. The molecule has 0 amide bonds. The van der Waals surface area contributed by atoms with Gasteiger partial charge < -0.3 is 14.7 Å². The average Bonchev–Trinajstić information content (AvgIpc) is 2.78. The van der Waals surface area contributed by atoms with Gasteiger partial charge in [-0.15, -0.1) is 0 Å². The summed E-state index contributed by atoms with van der Waals surface area (Å²) in [5.74, 6) is 0.329. The van der Waals surface area contributed by atoms with E-state index in [2.05, 4.69) is 0 Å². The Morgan fingerprint density at radius 3 is 3.05 bits per heavy atom. The van der Waals surface area contributed by atoms with E-state index < -0.39 is 6.10 Å². The molecule has 0 aromatic heterocycles. The van der Waals surface area contributed by atoms with Crippen molar-refractivity contribution in [1.82, 2.24) is 4.90 Å². The molecule has 19 heavy (non-hydrogen) atoms. The lowest BCUT2D eigenvalue weighted by Crippen LogP contribution is -2.32. The predicted octanol–water partition coefficient (Wildman–Crippen LogP) is 1.27. The largest absolute Gasteiger partial charge is 0.507 e. The van der Waals surface area contributed by atoms with Gasteiger partial charge in [0.25, 0.3) is 0 Å². The molecule has 6 nitrogen and oxygen atoms in total. The van der Waals surface area contributed by atoms with Crippen molar-refractivity contribution in [3.8, 4) is 11.5 Å². The van der Waals surface area contributed by atoms with Gasteiger partial charge in [-0.3, -0.25) is 9.69 Å². The first kappa shape index (κ1) is 12.3. The van der Waals surface area contributed by atoms with E-state index in [9.17, 15) is 9.90 Å². The average molecular weight is 265 g/mol. The van der Waals surface area contributed by atoms with Gasteiger partial charge in [0.1, 0.15) is 18.5 Å². The number of phenolic OH excluding ortho intramolecular Hbond substituents is 1. The normalized spacial score (nSPS) is 21.5. The number of carbonyl (C=O) groups excluding carboxylic acids is 1. The number of fused-ring (bicyclic) bond motifs is 2. The summed E-state index contributed by atoms with van der Waals surface area (Å²) >= 11 is 0. The molecule has 0 spiro atoms. The molecule has 0 radical (unpaired) electrons. The van der Waals surface area contributed by atoms with Gasteiger partial charge in [0.2, 0.25) is 0 Å². The second kappa shape index (κ2) is 4.40. The molecule has 0 bridgehead atoms. The fourth-order valence-electron chi connectivity index (χ4n) is 2.59. The first-order valence-electron chi connectivity index (χ1n) is 6.09. The van der Waals surface area contributed by atoms with Gasteiger partial charge in [-0.05, 0) is 13.1 Å². The Kier molecular flexibility index (Phi) is 2.83. The van der Waals surface area contributed by atoms with Gasteiger partial charge in [0, 0.05) is 31.1 Å². The van der Waals surface area contributed by atoms with E-state index in [1.165, 1.54) is 6.92 Å². The van der Waals surface area contributed by atoms with Crippen LogP contribution >= 0.6 is 0 Å². The van der Waals surface area contributed by atoms with Crippen molar-refractivity contribution >= 4 is 5.97 Å². The minimum absolute atomic E-state index is 0.175. The van der Waals surface area contributed by atoms with E-state index in [1.807, 2.05) is 11.9 Å². The molecule has 1 unspecified atom stereocenters. The van der Waals surface area contributed by atoms with Gasteiger partial charge in [-0.1, -0.05) is 0 Å². The van der Waals surface area contributed by atoms with Crippen LogP contribution in [0.25, 0.3) is 0 Å². The van der Waals surface area contributed by atoms with Gasteiger partial charge >= 0.3 is 5.97 Å². The first-order chi connectivity index (χ1) is 9.06. The van der Waals surface area contributed by atoms with Crippen LogP contribution in [0.1, 0.15) is 29.7 Å². The molecule has 3 rings (SSSR count). The quantitative estimate of drug-likeness (QED) is 0.609.